The molecule has 0 aliphatic carbocycles. The molecule has 0 amide bonds. The number of aromatic nitrogens is 2. The maximum atomic E-state index is 4.70. The number of rotatable bonds is 0. The van der Waals surface area contributed by atoms with Gasteiger partial charge in [0.1, 0.15) is 0 Å². The van der Waals surface area contributed by atoms with Crippen molar-refractivity contribution in [1.82, 2.24) is 9.78 Å². The Morgan fingerprint density at radius 3 is 2.22 bits per heavy atom. The summed E-state index contributed by atoms with van der Waals surface area (Å²) in [6, 6.07) is 13.0. The van der Waals surface area contributed by atoms with E-state index in [1.165, 1.54) is 27.4 Å². The third kappa shape index (κ3) is 1.60. The van der Waals surface area contributed by atoms with Gasteiger partial charge in [0.25, 0.3) is 0 Å². The average molecular weight is 238 g/mol. The maximum absolute atomic E-state index is 4.70. The van der Waals surface area contributed by atoms with Crippen molar-refractivity contribution in [2.75, 3.05) is 0 Å². The van der Waals surface area contributed by atoms with Gasteiger partial charge in [-0.15, -0.1) is 0 Å². The maximum Gasteiger partial charge on any atom is 0.0756 e. The molecule has 0 radical (unpaired) electrons. The zero-order valence-electron chi connectivity index (χ0n) is 11.4. The van der Waals surface area contributed by atoms with Crippen LogP contribution >= 0.6 is 0 Å². The largest absolute Gasteiger partial charge is 0.268 e. The fourth-order valence-electron chi connectivity index (χ4n) is 2.50. The lowest BCUT2D eigenvalue weighted by molar-refractivity contribution is 0.558. The van der Waals surface area contributed by atoms with Crippen LogP contribution in [0, 0.1) is 0 Å². The van der Waals surface area contributed by atoms with Crippen LogP contribution in [-0.2, 0) is 12.5 Å². The van der Waals surface area contributed by atoms with Crippen molar-refractivity contribution < 1.29 is 0 Å². The van der Waals surface area contributed by atoms with E-state index in [2.05, 4.69) is 57.2 Å². The Balaban J connectivity index is 2.45. The zero-order chi connectivity index (χ0) is 12.9. The predicted octanol–water partition coefficient (Wildman–Crippen LogP) is 4.02. The summed E-state index contributed by atoms with van der Waals surface area (Å²) in [5.74, 6) is 0. The molecule has 0 bridgehead atoms. The van der Waals surface area contributed by atoms with Gasteiger partial charge in [-0.25, -0.2) is 0 Å². The molecule has 18 heavy (non-hydrogen) atoms. The van der Waals surface area contributed by atoms with Gasteiger partial charge in [-0.05, 0) is 22.9 Å². The first-order valence-corrected chi connectivity index (χ1v) is 6.33. The molecule has 3 rings (SSSR count). The second kappa shape index (κ2) is 3.58. The second-order valence-electron chi connectivity index (χ2n) is 5.94. The molecule has 0 saturated carbocycles. The fraction of sp³-hybridized carbons (Fsp3) is 0.312. The van der Waals surface area contributed by atoms with Gasteiger partial charge < -0.3 is 0 Å². The van der Waals surface area contributed by atoms with Gasteiger partial charge in [-0.2, -0.15) is 5.10 Å². The molecule has 0 aliphatic heterocycles. The topological polar surface area (TPSA) is 17.8 Å². The minimum atomic E-state index is 0.0714. The van der Waals surface area contributed by atoms with Crippen LogP contribution in [-0.4, -0.2) is 9.78 Å². The van der Waals surface area contributed by atoms with E-state index < -0.39 is 0 Å². The molecule has 92 valence electrons. The van der Waals surface area contributed by atoms with Crippen LogP contribution < -0.4 is 0 Å². The van der Waals surface area contributed by atoms with Crippen LogP contribution in [0.1, 0.15) is 26.5 Å². The lowest BCUT2D eigenvalue weighted by Gasteiger charge is -2.15. The number of fused-ring (bicyclic) bond motifs is 2. The first-order valence-electron chi connectivity index (χ1n) is 6.33. The van der Waals surface area contributed by atoms with Gasteiger partial charge in [0.05, 0.1) is 11.2 Å². The van der Waals surface area contributed by atoms with E-state index in [0.717, 1.165) is 0 Å². The van der Waals surface area contributed by atoms with Crippen molar-refractivity contribution >= 4 is 21.7 Å². The lowest BCUT2D eigenvalue weighted by Crippen LogP contribution is -2.12. The minimum absolute atomic E-state index is 0.0714. The Kier molecular flexibility index (Phi) is 2.24. The fourth-order valence-corrected chi connectivity index (χ4v) is 2.50. The average Bonchev–Trinajstić information content (AvgIpc) is 2.64. The standard InChI is InChI=1S/C16H18N2/c1-16(2,3)15-13-9-11-7-5-6-8-12(11)10-14(13)18(4)17-15/h5-10H,1-4H3. The van der Waals surface area contributed by atoms with E-state index in [1.54, 1.807) is 0 Å². The number of aryl methyl sites for hydroxylation is 1. The van der Waals surface area contributed by atoms with E-state index >= 15 is 0 Å². The monoisotopic (exact) mass is 238 g/mol. The van der Waals surface area contributed by atoms with Crippen molar-refractivity contribution in [2.45, 2.75) is 26.2 Å². The third-order valence-corrected chi connectivity index (χ3v) is 3.43. The Labute approximate surface area is 107 Å². The van der Waals surface area contributed by atoms with E-state index in [-0.39, 0.29) is 5.41 Å². The molecule has 2 aromatic carbocycles. The Morgan fingerprint density at radius 1 is 1.00 bits per heavy atom. The lowest BCUT2D eigenvalue weighted by atomic mass is 9.89. The van der Waals surface area contributed by atoms with Gasteiger partial charge in [0, 0.05) is 17.8 Å². The zero-order valence-corrected chi connectivity index (χ0v) is 11.4. The summed E-state index contributed by atoms with van der Waals surface area (Å²) >= 11 is 0. The van der Waals surface area contributed by atoms with Crippen LogP contribution in [0.5, 0.6) is 0 Å². The molecule has 3 aromatic rings. The Morgan fingerprint density at radius 2 is 1.61 bits per heavy atom. The number of nitrogens with zero attached hydrogens (tertiary/aromatic N) is 2. The highest BCUT2D eigenvalue weighted by Crippen LogP contribution is 2.31. The van der Waals surface area contributed by atoms with Gasteiger partial charge >= 0.3 is 0 Å². The summed E-state index contributed by atoms with van der Waals surface area (Å²) in [5.41, 5.74) is 2.45. The summed E-state index contributed by atoms with van der Waals surface area (Å²) in [5, 5.41) is 8.52. The van der Waals surface area contributed by atoms with Crippen molar-refractivity contribution in [3.63, 3.8) is 0 Å². The smallest absolute Gasteiger partial charge is 0.0756 e. The molecule has 0 spiro atoms. The molecule has 0 unspecified atom stereocenters. The number of hydrogen-bond acceptors (Lipinski definition) is 1. The number of benzene rings is 2. The van der Waals surface area contributed by atoms with Crippen molar-refractivity contribution in [1.29, 1.82) is 0 Å². The van der Waals surface area contributed by atoms with Gasteiger partial charge in [0.15, 0.2) is 0 Å². The molecule has 0 atom stereocenters. The molecule has 0 N–H and O–H groups in total. The van der Waals surface area contributed by atoms with Crippen LogP contribution in [0.3, 0.4) is 0 Å². The van der Waals surface area contributed by atoms with E-state index in [9.17, 15) is 0 Å². The quantitative estimate of drug-likeness (QED) is 0.578. The highest BCUT2D eigenvalue weighted by molar-refractivity contribution is 5.98. The molecule has 0 saturated heterocycles. The van der Waals surface area contributed by atoms with Crippen LogP contribution in [0.2, 0.25) is 0 Å². The number of hydrogen-bond donors (Lipinski definition) is 0. The summed E-state index contributed by atoms with van der Waals surface area (Å²) in [7, 11) is 2.02. The van der Waals surface area contributed by atoms with E-state index in [1.807, 2.05) is 11.7 Å². The molecular weight excluding hydrogens is 220 g/mol. The van der Waals surface area contributed by atoms with Gasteiger partial charge in [-0.3, -0.25) is 4.68 Å². The Hall–Kier alpha value is -1.83. The van der Waals surface area contributed by atoms with E-state index in [0.29, 0.717) is 0 Å². The molecule has 0 aliphatic rings. The third-order valence-electron chi connectivity index (χ3n) is 3.43. The minimum Gasteiger partial charge on any atom is -0.268 e. The summed E-state index contributed by atoms with van der Waals surface area (Å²) in [4.78, 5) is 0. The summed E-state index contributed by atoms with van der Waals surface area (Å²) < 4.78 is 1.99. The van der Waals surface area contributed by atoms with Crippen molar-refractivity contribution in [3.05, 3.63) is 42.1 Å². The van der Waals surface area contributed by atoms with Crippen molar-refractivity contribution in [2.24, 2.45) is 7.05 Å². The van der Waals surface area contributed by atoms with Crippen LogP contribution in [0.25, 0.3) is 21.7 Å². The highest BCUT2D eigenvalue weighted by atomic mass is 15.3. The first-order chi connectivity index (χ1) is 8.47. The molecule has 0 fully saturated rings. The van der Waals surface area contributed by atoms with Crippen molar-refractivity contribution in [3.8, 4) is 0 Å². The molecule has 1 aromatic heterocycles. The molecule has 2 nitrogen and oxygen atoms in total. The Bertz CT molecular complexity index is 730. The predicted molar refractivity (Wildman–Crippen MR) is 76.9 cm³/mol. The normalized spacial score (nSPS) is 12.4. The SMILES string of the molecule is Cn1nc(C(C)(C)C)c2cc3ccccc3cc21. The highest BCUT2D eigenvalue weighted by Gasteiger charge is 2.21. The molecular formula is C16H18N2. The van der Waals surface area contributed by atoms with Crippen LogP contribution in [0.15, 0.2) is 36.4 Å². The summed E-state index contributed by atoms with van der Waals surface area (Å²) in [6.45, 7) is 6.64. The molecule has 2 heteroatoms. The van der Waals surface area contributed by atoms with Gasteiger partial charge in [0.2, 0.25) is 0 Å². The molecule has 1 heterocycles. The second-order valence-corrected chi connectivity index (χ2v) is 5.94. The first kappa shape index (κ1) is 11.3. The van der Waals surface area contributed by atoms with Gasteiger partial charge in [-0.1, -0.05) is 45.0 Å². The summed E-state index contributed by atoms with van der Waals surface area (Å²) in [6.07, 6.45) is 0. The van der Waals surface area contributed by atoms with E-state index in [4.69, 9.17) is 5.10 Å². The van der Waals surface area contributed by atoms with Crippen LogP contribution in [0.4, 0.5) is 0 Å².